The fourth-order valence-electron chi connectivity index (χ4n) is 3.17. The van der Waals surface area contributed by atoms with Gasteiger partial charge >= 0.3 is 0 Å². The monoisotopic (exact) mass is 522 g/mol. The van der Waals surface area contributed by atoms with Crippen LogP contribution in [0, 0.1) is 5.92 Å². The van der Waals surface area contributed by atoms with Gasteiger partial charge in [0.2, 0.25) is 0 Å². The van der Waals surface area contributed by atoms with E-state index in [1.165, 1.54) is 30.3 Å². The summed E-state index contributed by atoms with van der Waals surface area (Å²) in [7, 11) is -1.22. The van der Waals surface area contributed by atoms with Crippen LogP contribution in [-0.4, -0.2) is 52.6 Å². The van der Waals surface area contributed by atoms with E-state index in [2.05, 4.69) is 51.7 Å². The molecule has 0 aliphatic carbocycles. The lowest BCUT2D eigenvalue weighted by atomic mass is 9.99. The molecule has 28 heavy (non-hydrogen) atoms. The van der Waals surface area contributed by atoms with Crippen molar-refractivity contribution in [2.24, 2.45) is 10.9 Å². The first-order valence-corrected chi connectivity index (χ1v) is 11.8. The summed E-state index contributed by atoms with van der Waals surface area (Å²) in [6.45, 7) is 7.25. The first-order valence-electron chi connectivity index (χ1n) is 9.75. The van der Waals surface area contributed by atoms with Crippen LogP contribution >= 0.6 is 24.0 Å². The zero-order chi connectivity index (χ0) is 19.9. The summed E-state index contributed by atoms with van der Waals surface area (Å²) in [5.74, 6) is 1.70. The van der Waals surface area contributed by atoms with Gasteiger partial charge in [0.15, 0.2) is 5.96 Å². The van der Waals surface area contributed by atoms with E-state index >= 15 is 0 Å². The largest absolute Gasteiger partial charge is 0.372 e. The molecule has 0 bridgehead atoms. The van der Waals surface area contributed by atoms with Crippen LogP contribution in [0.5, 0.6) is 0 Å². The van der Waals surface area contributed by atoms with Crippen molar-refractivity contribution >= 4 is 45.5 Å². The highest BCUT2D eigenvalue weighted by Gasteiger charge is 2.15. The number of nitrogens with one attached hydrogen (secondary N) is 2. The van der Waals surface area contributed by atoms with Crippen molar-refractivity contribution in [3.05, 3.63) is 29.8 Å². The van der Waals surface area contributed by atoms with Crippen molar-refractivity contribution in [2.45, 2.75) is 45.7 Å². The molecule has 1 fully saturated rings. The highest BCUT2D eigenvalue weighted by Crippen LogP contribution is 2.23. The smallest absolute Gasteiger partial charge is 0.191 e. The normalized spacial score (nSPS) is 17.0. The number of benzene rings is 1. The molecular weight excluding hydrogens is 487 g/mol. The molecule has 1 saturated heterocycles. The molecule has 1 aliphatic rings. The topological polar surface area (TPSA) is 73.8 Å². The van der Waals surface area contributed by atoms with E-state index in [1.54, 1.807) is 7.05 Å². The van der Waals surface area contributed by atoms with Gasteiger partial charge in [-0.2, -0.15) is 0 Å². The average Bonchev–Trinajstić information content (AvgIpc) is 2.64. The Morgan fingerprint density at radius 3 is 2.39 bits per heavy atom. The molecule has 2 N–H and O–H groups in total. The van der Waals surface area contributed by atoms with Gasteiger partial charge in [-0.3, -0.25) is 4.99 Å². The predicted molar refractivity (Wildman–Crippen MR) is 130 cm³/mol. The Hall–Kier alpha value is -1.03. The zero-order valence-corrected chi connectivity index (χ0v) is 20.6. The van der Waals surface area contributed by atoms with E-state index in [-0.39, 0.29) is 35.8 Å². The summed E-state index contributed by atoms with van der Waals surface area (Å²) in [4.78, 5) is 6.68. The van der Waals surface area contributed by atoms with Crippen LogP contribution in [0.4, 0.5) is 5.69 Å². The molecule has 1 aromatic rings. The molecule has 1 unspecified atom stereocenters. The highest BCUT2D eigenvalue weighted by molar-refractivity contribution is 14.0. The second-order valence-corrected chi connectivity index (χ2v) is 9.99. The van der Waals surface area contributed by atoms with Crippen LogP contribution < -0.4 is 15.5 Å². The standard InChI is InChI=1S/C20H34N4O2S.HI/c1-16-9-12-24(13-10-16)19-7-5-18(6-8-19)15-22-20(21-3)23-17(2)11-14-27(4,25)26;/h5-8,16-17H,9-15H2,1-4H3,(H2,21,22,23);1H. The fourth-order valence-corrected chi connectivity index (χ4v) is 3.95. The fraction of sp³-hybridized carbons (Fsp3) is 0.650. The van der Waals surface area contributed by atoms with E-state index in [4.69, 9.17) is 0 Å². The van der Waals surface area contributed by atoms with Gasteiger partial charge in [0.1, 0.15) is 9.84 Å². The molecule has 6 nitrogen and oxygen atoms in total. The van der Waals surface area contributed by atoms with Crippen LogP contribution in [0.15, 0.2) is 29.3 Å². The minimum atomic E-state index is -2.94. The van der Waals surface area contributed by atoms with Crippen LogP contribution in [-0.2, 0) is 16.4 Å². The van der Waals surface area contributed by atoms with Gasteiger partial charge in [0.05, 0.1) is 5.75 Å². The number of guanidine groups is 1. The number of hydrogen-bond acceptors (Lipinski definition) is 4. The quantitative estimate of drug-likeness (QED) is 0.327. The molecule has 2 rings (SSSR count). The Labute approximate surface area is 187 Å². The van der Waals surface area contributed by atoms with Gasteiger partial charge in [-0.25, -0.2) is 8.42 Å². The lowest BCUT2D eigenvalue weighted by molar-refractivity contribution is 0.438. The number of rotatable bonds is 7. The molecule has 1 aromatic carbocycles. The summed E-state index contributed by atoms with van der Waals surface area (Å²) in [6, 6.07) is 8.73. The third kappa shape index (κ3) is 8.98. The minimum Gasteiger partial charge on any atom is -0.372 e. The van der Waals surface area contributed by atoms with Gasteiger partial charge in [-0.05, 0) is 49.8 Å². The van der Waals surface area contributed by atoms with E-state index in [1.807, 2.05) is 6.92 Å². The second-order valence-electron chi connectivity index (χ2n) is 7.73. The maximum atomic E-state index is 11.3. The summed E-state index contributed by atoms with van der Waals surface area (Å²) in [5, 5.41) is 6.54. The Kier molecular flexibility index (Phi) is 10.6. The molecular formula is C20H35IN4O2S. The van der Waals surface area contributed by atoms with E-state index < -0.39 is 9.84 Å². The Balaban J connectivity index is 0.00000392. The van der Waals surface area contributed by atoms with E-state index in [0.717, 1.165) is 19.0 Å². The summed E-state index contributed by atoms with van der Waals surface area (Å²) in [6.07, 6.45) is 4.36. The molecule has 0 amide bonds. The van der Waals surface area contributed by atoms with E-state index in [9.17, 15) is 8.42 Å². The van der Waals surface area contributed by atoms with E-state index in [0.29, 0.717) is 18.9 Å². The van der Waals surface area contributed by atoms with Gasteiger partial charge in [-0.1, -0.05) is 19.1 Å². The number of sulfone groups is 1. The van der Waals surface area contributed by atoms with Crippen molar-refractivity contribution in [2.75, 3.05) is 37.0 Å². The summed E-state index contributed by atoms with van der Waals surface area (Å²) >= 11 is 0. The average molecular weight is 522 g/mol. The predicted octanol–water partition coefficient (Wildman–Crippen LogP) is 3.03. The zero-order valence-electron chi connectivity index (χ0n) is 17.4. The molecule has 1 atom stereocenters. The third-order valence-electron chi connectivity index (χ3n) is 5.07. The van der Waals surface area contributed by atoms with Crippen molar-refractivity contribution in [3.63, 3.8) is 0 Å². The number of anilines is 1. The molecule has 0 aromatic heterocycles. The maximum absolute atomic E-state index is 11.3. The van der Waals surface area contributed by atoms with Gasteiger partial charge in [0.25, 0.3) is 0 Å². The Bertz CT molecular complexity index is 714. The summed E-state index contributed by atoms with van der Waals surface area (Å²) < 4.78 is 22.6. The third-order valence-corrected chi connectivity index (χ3v) is 6.05. The van der Waals surface area contributed by atoms with Crippen LogP contribution in [0.3, 0.4) is 0 Å². The number of hydrogen-bond donors (Lipinski definition) is 2. The number of halogens is 1. The Morgan fingerprint density at radius 2 is 1.86 bits per heavy atom. The first kappa shape index (κ1) is 25.0. The summed E-state index contributed by atoms with van der Waals surface area (Å²) in [5.41, 5.74) is 2.48. The minimum absolute atomic E-state index is 0. The van der Waals surface area contributed by atoms with Gasteiger partial charge < -0.3 is 15.5 Å². The van der Waals surface area contributed by atoms with Crippen molar-refractivity contribution in [1.82, 2.24) is 10.6 Å². The van der Waals surface area contributed by atoms with Crippen molar-refractivity contribution in [3.8, 4) is 0 Å². The van der Waals surface area contributed by atoms with Gasteiger partial charge in [-0.15, -0.1) is 24.0 Å². The van der Waals surface area contributed by atoms with Crippen LogP contribution in [0.2, 0.25) is 0 Å². The Morgan fingerprint density at radius 1 is 1.25 bits per heavy atom. The molecule has 8 heteroatoms. The first-order chi connectivity index (χ1) is 12.8. The van der Waals surface area contributed by atoms with Crippen LogP contribution in [0.1, 0.15) is 38.7 Å². The van der Waals surface area contributed by atoms with Crippen LogP contribution in [0.25, 0.3) is 0 Å². The molecule has 1 heterocycles. The number of aliphatic imine (C=N–C) groups is 1. The lowest BCUT2D eigenvalue weighted by Gasteiger charge is -2.32. The maximum Gasteiger partial charge on any atom is 0.191 e. The number of nitrogens with zero attached hydrogens (tertiary/aromatic N) is 2. The van der Waals surface area contributed by atoms with Gasteiger partial charge in [0, 0.05) is 44.7 Å². The lowest BCUT2D eigenvalue weighted by Crippen LogP contribution is -2.42. The molecule has 0 radical (unpaired) electrons. The van der Waals surface area contributed by atoms with Crippen molar-refractivity contribution in [1.29, 1.82) is 0 Å². The number of piperidine rings is 1. The SMILES string of the molecule is CN=C(NCc1ccc(N2CCC(C)CC2)cc1)NC(C)CCS(C)(=O)=O.I. The molecule has 1 aliphatic heterocycles. The highest BCUT2D eigenvalue weighted by atomic mass is 127. The molecule has 160 valence electrons. The molecule has 0 spiro atoms. The van der Waals surface area contributed by atoms with Crippen molar-refractivity contribution < 1.29 is 8.42 Å². The molecule has 0 saturated carbocycles. The second kappa shape index (κ2) is 11.8.